The van der Waals surface area contributed by atoms with Gasteiger partial charge in [-0.1, -0.05) is 45.4 Å². The minimum Gasteiger partial charge on any atom is -0.313 e. The molecule has 0 radical (unpaired) electrons. The van der Waals surface area contributed by atoms with Crippen LogP contribution in [0.15, 0.2) is 28.2 Å². The minimum absolute atomic E-state index is 0.221. The second-order valence-electron chi connectivity index (χ2n) is 5.57. The second kappa shape index (κ2) is 7.81. The number of benzene rings is 1. The van der Waals surface area contributed by atoms with Crippen LogP contribution in [0, 0.1) is 17.7 Å². The molecule has 3 heteroatoms. The largest absolute Gasteiger partial charge is 0.313 e. The summed E-state index contributed by atoms with van der Waals surface area (Å²) in [6, 6.07) is 5.13. The van der Waals surface area contributed by atoms with Crippen molar-refractivity contribution < 1.29 is 4.39 Å². The topological polar surface area (TPSA) is 12.0 Å². The highest BCUT2D eigenvalue weighted by atomic mass is 79.9. The third kappa shape index (κ3) is 5.87. The molecular formula is C16H23BrFN. The summed E-state index contributed by atoms with van der Waals surface area (Å²) in [5.41, 5.74) is 2.36. The molecule has 1 N–H and O–H groups in total. The quantitative estimate of drug-likeness (QED) is 0.785. The summed E-state index contributed by atoms with van der Waals surface area (Å²) >= 11 is 3.22. The molecule has 0 heterocycles. The van der Waals surface area contributed by atoms with Crippen LogP contribution in [0.25, 0.3) is 6.08 Å². The molecule has 0 saturated carbocycles. The van der Waals surface area contributed by atoms with E-state index in [4.69, 9.17) is 0 Å². The number of rotatable bonds is 6. The molecule has 0 spiro atoms. The van der Waals surface area contributed by atoms with Gasteiger partial charge in [0.1, 0.15) is 5.82 Å². The molecule has 0 aromatic heterocycles. The summed E-state index contributed by atoms with van der Waals surface area (Å²) in [4.78, 5) is 0. The highest BCUT2D eigenvalue weighted by molar-refractivity contribution is 9.10. The fourth-order valence-electron chi connectivity index (χ4n) is 1.74. The average molecular weight is 328 g/mol. The second-order valence-corrected chi connectivity index (χ2v) is 6.43. The summed E-state index contributed by atoms with van der Waals surface area (Å²) in [7, 11) is 0. The first kappa shape index (κ1) is 16.4. The molecule has 0 fully saturated rings. The van der Waals surface area contributed by atoms with Gasteiger partial charge in [0, 0.05) is 6.54 Å². The minimum atomic E-state index is -0.221. The van der Waals surface area contributed by atoms with Crippen LogP contribution in [0.2, 0.25) is 0 Å². The molecule has 1 nitrogen and oxygen atoms in total. The zero-order valence-corrected chi connectivity index (χ0v) is 13.7. The lowest BCUT2D eigenvalue weighted by Gasteiger charge is -2.14. The molecule has 19 heavy (non-hydrogen) atoms. The van der Waals surface area contributed by atoms with E-state index in [9.17, 15) is 4.39 Å². The van der Waals surface area contributed by atoms with Crippen LogP contribution >= 0.6 is 15.9 Å². The van der Waals surface area contributed by atoms with Crippen molar-refractivity contribution in [2.75, 3.05) is 13.1 Å². The Kier molecular flexibility index (Phi) is 6.73. The van der Waals surface area contributed by atoms with Gasteiger partial charge in [0.15, 0.2) is 0 Å². The first-order valence-corrected chi connectivity index (χ1v) is 7.55. The Bertz CT molecular complexity index is 438. The molecule has 0 unspecified atom stereocenters. The molecule has 0 bridgehead atoms. The maximum atomic E-state index is 13.2. The van der Waals surface area contributed by atoms with E-state index in [1.165, 1.54) is 11.6 Å². The summed E-state index contributed by atoms with van der Waals surface area (Å²) in [6.07, 6.45) is 2.14. The maximum Gasteiger partial charge on any atom is 0.137 e. The average Bonchev–Trinajstić information content (AvgIpc) is 2.32. The number of hydrogen-bond acceptors (Lipinski definition) is 1. The molecular weight excluding hydrogens is 305 g/mol. The molecule has 0 aliphatic rings. The zero-order chi connectivity index (χ0) is 14.4. The molecule has 0 aliphatic heterocycles. The first-order chi connectivity index (χ1) is 8.90. The molecule has 106 valence electrons. The van der Waals surface area contributed by atoms with Crippen LogP contribution < -0.4 is 5.32 Å². The van der Waals surface area contributed by atoms with Crippen LogP contribution in [-0.4, -0.2) is 13.1 Å². The van der Waals surface area contributed by atoms with E-state index in [0.717, 1.165) is 18.7 Å². The molecule has 1 rings (SSSR count). The Morgan fingerprint density at radius 1 is 1.32 bits per heavy atom. The fourth-order valence-corrected chi connectivity index (χ4v) is 2.14. The van der Waals surface area contributed by atoms with Gasteiger partial charge in [-0.15, -0.1) is 0 Å². The summed E-state index contributed by atoms with van der Waals surface area (Å²) in [6.45, 7) is 10.6. The van der Waals surface area contributed by atoms with Crippen LogP contribution in [0.5, 0.6) is 0 Å². The maximum absolute atomic E-state index is 13.2. The zero-order valence-electron chi connectivity index (χ0n) is 12.1. The smallest absolute Gasteiger partial charge is 0.137 e. The summed E-state index contributed by atoms with van der Waals surface area (Å²) < 4.78 is 13.7. The van der Waals surface area contributed by atoms with Gasteiger partial charge in [-0.2, -0.15) is 0 Å². The van der Waals surface area contributed by atoms with Crippen molar-refractivity contribution in [3.8, 4) is 0 Å². The van der Waals surface area contributed by atoms with E-state index in [1.54, 1.807) is 0 Å². The normalized spacial score (nSPS) is 12.5. The van der Waals surface area contributed by atoms with E-state index in [-0.39, 0.29) is 5.82 Å². The van der Waals surface area contributed by atoms with Gasteiger partial charge in [-0.25, -0.2) is 4.39 Å². The van der Waals surface area contributed by atoms with Gasteiger partial charge in [0.05, 0.1) is 4.47 Å². The third-order valence-corrected chi connectivity index (χ3v) is 3.53. The number of nitrogens with one attached hydrogen (secondary N) is 1. The Morgan fingerprint density at radius 3 is 2.53 bits per heavy atom. The van der Waals surface area contributed by atoms with E-state index < -0.39 is 0 Å². The fraction of sp³-hybridized carbons (Fsp3) is 0.500. The lowest BCUT2D eigenvalue weighted by molar-refractivity contribution is 0.558. The Balaban J connectivity index is 2.79. The number of hydrogen-bond donors (Lipinski definition) is 1. The van der Waals surface area contributed by atoms with Crippen molar-refractivity contribution >= 4 is 22.0 Å². The Labute approximate surface area is 124 Å². The van der Waals surface area contributed by atoms with Gasteiger partial charge in [-0.3, -0.25) is 0 Å². The molecule has 0 saturated heterocycles. The van der Waals surface area contributed by atoms with Crippen LogP contribution in [0.1, 0.15) is 33.3 Å². The van der Waals surface area contributed by atoms with E-state index >= 15 is 0 Å². The van der Waals surface area contributed by atoms with Gasteiger partial charge >= 0.3 is 0 Å². The lowest BCUT2D eigenvalue weighted by atomic mass is 10.00. The predicted octanol–water partition coefficient (Wildman–Crippen LogP) is 4.87. The molecule has 0 atom stereocenters. The first-order valence-electron chi connectivity index (χ1n) is 6.76. The number of halogens is 2. The van der Waals surface area contributed by atoms with Crippen molar-refractivity contribution in [2.24, 2.45) is 11.8 Å². The van der Waals surface area contributed by atoms with Gasteiger partial charge in [0.25, 0.3) is 0 Å². The third-order valence-electron chi connectivity index (χ3n) is 2.92. The highest BCUT2D eigenvalue weighted by Gasteiger charge is 2.05. The Morgan fingerprint density at radius 2 is 2.00 bits per heavy atom. The van der Waals surface area contributed by atoms with E-state index in [2.05, 4.69) is 55.0 Å². The highest BCUT2D eigenvalue weighted by Crippen LogP contribution is 2.20. The van der Waals surface area contributed by atoms with Crippen molar-refractivity contribution in [1.29, 1.82) is 0 Å². The molecule has 0 aliphatic carbocycles. The van der Waals surface area contributed by atoms with E-state index in [1.807, 2.05) is 12.1 Å². The van der Waals surface area contributed by atoms with Crippen LogP contribution in [0.4, 0.5) is 4.39 Å². The monoisotopic (exact) mass is 327 g/mol. The van der Waals surface area contributed by atoms with Crippen molar-refractivity contribution in [3.63, 3.8) is 0 Å². The van der Waals surface area contributed by atoms with Gasteiger partial charge in [-0.05, 0) is 52.0 Å². The van der Waals surface area contributed by atoms with Crippen molar-refractivity contribution in [3.05, 3.63) is 39.6 Å². The lowest BCUT2D eigenvalue weighted by Crippen LogP contribution is -2.23. The van der Waals surface area contributed by atoms with Crippen LogP contribution in [0.3, 0.4) is 0 Å². The predicted molar refractivity (Wildman–Crippen MR) is 84.6 cm³/mol. The van der Waals surface area contributed by atoms with Gasteiger partial charge in [0.2, 0.25) is 0 Å². The van der Waals surface area contributed by atoms with Crippen molar-refractivity contribution in [1.82, 2.24) is 5.32 Å². The van der Waals surface area contributed by atoms with Crippen LogP contribution in [-0.2, 0) is 0 Å². The molecule has 1 aromatic rings. The SMILES string of the molecule is CC(C)CNCC(=Cc1ccc(F)c(Br)c1)C(C)C. The Hall–Kier alpha value is -0.670. The van der Waals surface area contributed by atoms with E-state index in [0.29, 0.717) is 16.3 Å². The van der Waals surface area contributed by atoms with Gasteiger partial charge < -0.3 is 5.32 Å². The molecule has 0 amide bonds. The standard InChI is InChI=1S/C16H23BrFN/c1-11(2)9-19-10-14(12(3)4)7-13-5-6-16(18)15(17)8-13/h5-8,11-12,19H,9-10H2,1-4H3. The van der Waals surface area contributed by atoms with Crippen molar-refractivity contribution in [2.45, 2.75) is 27.7 Å². The summed E-state index contributed by atoms with van der Waals surface area (Å²) in [5.74, 6) is 0.901. The molecule has 1 aromatic carbocycles. The summed E-state index contributed by atoms with van der Waals surface area (Å²) in [5, 5.41) is 3.46.